The third kappa shape index (κ3) is 4.45. The van der Waals surface area contributed by atoms with Crippen molar-refractivity contribution < 1.29 is 18.0 Å². The first-order chi connectivity index (χ1) is 14.2. The van der Waals surface area contributed by atoms with E-state index < -0.39 is 18.0 Å². The fourth-order valence-electron chi connectivity index (χ4n) is 4.68. The SMILES string of the molecule is CC1CCC([C@H](N)c2cn3nc(C[C@@H]4C[C@@H](C(F)(F)F)CNC4=O)ccc3n2)CC1. The maximum Gasteiger partial charge on any atom is 0.393 e. The Morgan fingerprint density at radius 3 is 2.70 bits per heavy atom. The van der Waals surface area contributed by atoms with Gasteiger partial charge in [-0.05, 0) is 43.2 Å². The maximum atomic E-state index is 13.1. The van der Waals surface area contributed by atoms with Crippen molar-refractivity contribution >= 4 is 11.6 Å². The van der Waals surface area contributed by atoms with Crippen molar-refractivity contribution in [2.75, 3.05) is 6.54 Å². The van der Waals surface area contributed by atoms with Crippen LogP contribution in [0, 0.1) is 23.7 Å². The van der Waals surface area contributed by atoms with Crippen LogP contribution in [0.3, 0.4) is 0 Å². The molecule has 1 aliphatic carbocycles. The zero-order valence-electron chi connectivity index (χ0n) is 17.0. The Hall–Kier alpha value is -2.16. The van der Waals surface area contributed by atoms with Crippen molar-refractivity contribution in [1.82, 2.24) is 19.9 Å². The Morgan fingerprint density at radius 1 is 1.27 bits per heavy atom. The average molecular weight is 423 g/mol. The summed E-state index contributed by atoms with van der Waals surface area (Å²) in [4.78, 5) is 16.7. The summed E-state index contributed by atoms with van der Waals surface area (Å²) in [7, 11) is 0. The molecular formula is C21H28F3N5O. The minimum atomic E-state index is -4.31. The van der Waals surface area contributed by atoms with Crippen LogP contribution < -0.4 is 11.1 Å². The molecule has 3 heterocycles. The molecule has 3 N–H and O–H groups in total. The molecule has 6 nitrogen and oxygen atoms in total. The second kappa shape index (κ2) is 8.17. The van der Waals surface area contributed by atoms with Crippen LogP contribution in [0.4, 0.5) is 13.2 Å². The number of fused-ring (bicyclic) bond motifs is 1. The third-order valence-corrected chi connectivity index (χ3v) is 6.68. The van der Waals surface area contributed by atoms with Gasteiger partial charge in [-0.25, -0.2) is 9.50 Å². The Labute approximate surface area is 173 Å². The second-order valence-electron chi connectivity index (χ2n) is 8.96. The molecular weight excluding hydrogens is 395 g/mol. The fraction of sp³-hybridized carbons (Fsp3) is 0.667. The Morgan fingerprint density at radius 2 is 2.00 bits per heavy atom. The number of hydrogen-bond acceptors (Lipinski definition) is 4. The first-order valence-corrected chi connectivity index (χ1v) is 10.7. The summed E-state index contributed by atoms with van der Waals surface area (Å²) >= 11 is 0. The van der Waals surface area contributed by atoms with E-state index in [0.29, 0.717) is 17.3 Å². The Bertz CT molecular complexity index is 904. The molecule has 2 fully saturated rings. The molecule has 2 aromatic heterocycles. The van der Waals surface area contributed by atoms with Gasteiger partial charge in [0.05, 0.1) is 29.5 Å². The molecule has 4 rings (SSSR count). The Kier molecular flexibility index (Phi) is 5.74. The molecule has 0 bridgehead atoms. The van der Waals surface area contributed by atoms with Crippen LogP contribution in [0.15, 0.2) is 18.3 Å². The number of halogens is 3. The average Bonchev–Trinajstić information content (AvgIpc) is 3.12. The highest BCUT2D eigenvalue weighted by Gasteiger charge is 2.44. The van der Waals surface area contributed by atoms with Gasteiger partial charge in [-0.15, -0.1) is 0 Å². The second-order valence-corrected chi connectivity index (χ2v) is 8.96. The standard InChI is InChI=1S/C21H28F3N5O/c1-12-2-4-13(5-3-12)19(25)17-11-29-18(27-17)7-6-16(28-29)9-14-8-15(21(22,23)24)10-26-20(14)30/h6-7,11-15,19H,2-5,8-10,25H2,1H3,(H,26,30)/t12?,13?,14-,15+,19-/m0/s1. The van der Waals surface area contributed by atoms with E-state index in [0.717, 1.165) is 24.5 Å². The minimum Gasteiger partial charge on any atom is -0.355 e. The van der Waals surface area contributed by atoms with Gasteiger partial charge in [-0.2, -0.15) is 18.3 Å². The van der Waals surface area contributed by atoms with Crippen molar-refractivity contribution in [2.24, 2.45) is 29.4 Å². The van der Waals surface area contributed by atoms with E-state index >= 15 is 0 Å². The molecule has 0 spiro atoms. The van der Waals surface area contributed by atoms with Crippen molar-refractivity contribution in [3.05, 3.63) is 29.7 Å². The van der Waals surface area contributed by atoms with Crippen molar-refractivity contribution in [3.8, 4) is 0 Å². The van der Waals surface area contributed by atoms with E-state index in [1.165, 1.54) is 12.8 Å². The molecule has 30 heavy (non-hydrogen) atoms. The summed E-state index contributed by atoms with van der Waals surface area (Å²) in [6.07, 6.45) is 1.98. The fourth-order valence-corrected chi connectivity index (χ4v) is 4.68. The van der Waals surface area contributed by atoms with Crippen LogP contribution >= 0.6 is 0 Å². The normalized spacial score (nSPS) is 29.0. The minimum absolute atomic E-state index is 0.153. The smallest absolute Gasteiger partial charge is 0.355 e. The number of aromatic nitrogens is 3. The van der Waals surface area contributed by atoms with Crippen LogP contribution in [0.1, 0.15) is 56.5 Å². The van der Waals surface area contributed by atoms with Crippen molar-refractivity contribution in [2.45, 2.75) is 57.7 Å². The van der Waals surface area contributed by atoms with E-state index in [1.54, 1.807) is 22.8 Å². The predicted octanol–water partition coefficient (Wildman–Crippen LogP) is 3.41. The number of piperidine rings is 1. The number of carbonyl (C=O) groups excluding carboxylic acids is 1. The first-order valence-electron chi connectivity index (χ1n) is 10.7. The highest BCUT2D eigenvalue weighted by molar-refractivity contribution is 5.79. The number of hydrogen-bond donors (Lipinski definition) is 2. The molecule has 0 radical (unpaired) electrons. The largest absolute Gasteiger partial charge is 0.393 e. The number of imidazole rings is 1. The lowest BCUT2D eigenvalue weighted by Gasteiger charge is -2.30. The summed E-state index contributed by atoms with van der Waals surface area (Å²) < 4.78 is 40.8. The van der Waals surface area contributed by atoms with Gasteiger partial charge in [0.25, 0.3) is 0 Å². The number of rotatable bonds is 4. The molecule has 164 valence electrons. The number of nitrogens with two attached hydrogens (primary N) is 1. The molecule has 1 saturated heterocycles. The lowest BCUT2D eigenvalue weighted by molar-refractivity contribution is -0.183. The van der Waals surface area contributed by atoms with E-state index in [1.807, 2.05) is 0 Å². The summed E-state index contributed by atoms with van der Waals surface area (Å²) in [6.45, 7) is 1.91. The third-order valence-electron chi connectivity index (χ3n) is 6.68. The molecule has 1 amide bonds. The lowest BCUT2D eigenvalue weighted by Crippen LogP contribution is -2.47. The van der Waals surface area contributed by atoms with Gasteiger partial charge in [0.1, 0.15) is 0 Å². The zero-order valence-corrected chi connectivity index (χ0v) is 17.0. The Balaban J connectivity index is 1.47. The summed E-state index contributed by atoms with van der Waals surface area (Å²) in [5, 5.41) is 6.87. The molecule has 1 saturated carbocycles. The molecule has 1 aliphatic heterocycles. The van der Waals surface area contributed by atoms with Crippen LogP contribution in [0.25, 0.3) is 5.65 Å². The zero-order chi connectivity index (χ0) is 21.5. The molecule has 0 unspecified atom stereocenters. The van der Waals surface area contributed by atoms with Crippen LogP contribution in [-0.4, -0.2) is 33.2 Å². The maximum absolute atomic E-state index is 13.1. The van der Waals surface area contributed by atoms with Crippen molar-refractivity contribution in [3.63, 3.8) is 0 Å². The van der Waals surface area contributed by atoms with Gasteiger partial charge in [0.2, 0.25) is 5.91 Å². The van der Waals surface area contributed by atoms with E-state index in [9.17, 15) is 18.0 Å². The number of carbonyl (C=O) groups is 1. The van der Waals surface area contributed by atoms with Gasteiger partial charge >= 0.3 is 6.18 Å². The molecule has 2 aliphatic rings. The van der Waals surface area contributed by atoms with E-state index in [-0.39, 0.29) is 31.3 Å². The van der Waals surface area contributed by atoms with Gasteiger partial charge < -0.3 is 11.1 Å². The quantitative estimate of drug-likeness (QED) is 0.789. The number of nitrogens with zero attached hydrogens (tertiary/aromatic N) is 3. The summed E-state index contributed by atoms with van der Waals surface area (Å²) in [5.74, 6) is -1.47. The predicted molar refractivity (Wildman–Crippen MR) is 105 cm³/mol. The highest BCUT2D eigenvalue weighted by Crippen LogP contribution is 2.36. The monoisotopic (exact) mass is 423 g/mol. The molecule has 9 heteroatoms. The van der Waals surface area contributed by atoms with E-state index in [4.69, 9.17) is 5.73 Å². The van der Waals surface area contributed by atoms with Crippen molar-refractivity contribution in [1.29, 1.82) is 0 Å². The molecule has 3 atom stereocenters. The van der Waals surface area contributed by atoms with Gasteiger partial charge in [-0.1, -0.05) is 19.8 Å². The van der Waals surface area contributed by atoms with Gasteiger partial charge in [0.15, 0.2) is 5.65 Å². The first kappa shape index (κ1) is 21.1. The van der Waals surface area contributed by atoms with Crippen LogP contribution in [-0.2, 0) is 11.2 Å². The van der Waals surface area contributed by atoms with E-state index in [2.05, 4.69) is 22.3 Å². The summed E-state index contributed by atoms with van der Waals surface area (Å²) in [6, 6.07) is 3.35. The number of alkyl halides is 3. The van der Waals surface area contributed by atoms with Crippen LogP contribution in [0.2, 0.25) is 0 Å². The number of nitrogens with one attached hydrogen (secondary N) is 1. The highest BCUT2D eigenvalue weighted by atomic mass is 19.4. The number of amides is 1. The molecule has 2 aromatic rings. The topological polar surface area (TPSA) is 85.3 Å². The molecule has 0 aromatic carbocycles. The van der Waals surface area contributed by atoms with Gasteiger partial charge in [-0.3, -0.25) is 4.79 Å². The van der Waals surface area contributed by atoms with Gasteiger partial charge in [0, 0.05) is 18.9 Å². The lowest BCUT2D eigenvalue weighted by atomic mass is 9.79. The van der Waals surface area contributed by atoms with Crippen LogP contribution in [0.5, 0.6) is 0 Å². The summed E-state index contributed by atoms with van der Waals surface area (Å²) in [5.41, 5.74) is 8.47.